The zero-order chi connectivity index (χ0) is 11.4. The first-order chi connectivity index (χ1) is 7.85. The molecule has 0 amide bonds. The molecule has 0 spiro atoms. The Hall–Kier alpha value is -1.75. The average molecular weight is 212 g/mol. The molecule has 0 aliphatic heterocycles. The molecule has 1 aromatic carbocycles. The van der Waals surface area contributed by atoms with Crippen molar-refractivity contribution in [2.45, 2.75) is 32.6 Å². The van der Waals surface area contributed by atoms with Crippen molar-refractivity contribution in [2.75, 3.05) is 0 Å². The predicted octanol–water partition coefficient (Wildman–Crippen LogP) is 3.77. The third-order valence-electron chi connectivity index (χ3n) is 2.92. The predicted molar refractivity (Wildman–Crippen MR) is 66.2 cm³/mol. The smallest absolute Gasteiger partial charge is 0.118 e. The fraction of sp³-hybridized carbons (Fsp3) is 0.357. The molecule has 82 valence electrons. The van der Waals surface area contributed by atoms with Crippen LogP contribution in [0.4, 0.5) is 0 Å². The summed E-state index contributed by atoms with van der Waals surface area (Å²) in [6, 6.07) is 10.4. The van der Waals surface area contributed by atoms with Crippen LogP contribution in [0.3, 0.4) is 0 Å². The Morgan fingerprint density at radius 2 is 2.19 bits per heavy atom. The van der Waals surface area contributed by atoms with Crippen LogP contribution in [0.2, 0.25) is 0 Å². The molecular formula is C14H16N2. The number of benzene rings is 1. The third-order valence-corrected chi connectivity index (χ3v) is 2.92. The zero-order valence-corrected chi connectivity index (χ0v) is 9.59. The number of nitriles is 1. The highest BCUT2D eigenvalue weighted by Gasteiger charge is 2.04. The molecule has 0 saturated carbocycles. The summed E-state index contributed by atoms with van der Waals surface area (Å²) in [5, 5.41) is 10.1. The van der Waals surface area contributed by atoms with E-state index < -0.39 is 0 Å². The molecule has 0 fully saturated rings. The lowest BCUT2D eigenvalue weighted by Crippen LogP contribution is -1.85. The summed E-state index contributed by atoms with van der Waals surface area (Å²) >= 11 is 0. The second kappa shape index (κ2) is 4.85. The number of rotatable bonds is 4. The Morgan fingerprint density at radius 1 is 1.31 bits per heavy atom. The minimum Gasteiger partial charge on any atom is -0.346 e. The average Bonchev–Trinajstić information content (AvgIpc) is 2.73. The number of hydrogen-bond acceptors (Lipinski definition) is 1. The summed E-state index contributed by atoms with van der Waals surface area (Å²) < 4.78 is 0. The van der Waals surface area contributed by atoms with Gasteiger partial charge in [-0.15, -0.1) is 0 Å². The van der Waals surface area contributed by atoms with Gasteiger partial charge in [-0.3, -0.25) is 0 Å². The summed E-state index contributed by atoms with van der Waals surface area (Å²) in [6.07, 6.45) is 4.84. The number of unbranched alkanes of at least 4 members (excludes halogenated alkanes) is 2. The van der Waals surface area contributed by atoms with Gasteiger partial charge < -0.3 is 4.98 Å². The van der Waals surface area contributed by atoms with Crippen LogP contribution >= 0.6 is 0 Å². The molecule has 1 aromatic heterocycles. The molecule has 2 heteroatoms. The van der Waals surface area contributed by atoms with Gasteiger partial charge in [0.2, 0.25) is 0 Å². The first-order valence-electron chi connectivity index (χ1n) is 5.86. The third kappa shape index (κ3) is 2.09. The van der Waals surface area contributed by atoms with Gasteiger partial charge in [0.1, 0.15) is 11.8 Å². The summed E-state index contributed by atoms with van der Waals surface area (Å²) in [5.74, 6) is 0. The summed E-state index contributed by atoms with van der Waals surface area (Å²) in [7, 11) is 0. The monoisotopic (exact) mass is 212 g/mol. The van der Waals surface area contributed by atoms with Crippen molar-refractivity contribution in [1.82, 2.24) is 4.98 Å². The molecule has 2 aromatic rings. The van der Waals surface area contributed by atoms with Crippen molar-refractivity contribution in [3.63, 3.8) is 0 Å². The highest BCUT2D eigenvalue weighted by atomic mass is 14.7. The van der Waals surface area contributed by atoms with Gasteiger partial charge in [0.05, 0.1) is 0 Å². The minimum absolute atomic E-state index is 0.651. The molecule has 1 heterocycles. The van der Waals surface area contributed by atoms with Gasteiger partial charge in [-0.25, -0.2) is 0 Å². The molecule has 0 aliphatic rings. The summed E-state index contributed by atoms with van der Waals surface area (Å²) in [4.78, 5) is 3.11. The number of fused-ring (bicyclic) bond motifs is 1. The first kappa shape index (κ1) is 10.8. The van der Waals surface area contributed by atoms with Crippen LogP contribution in [0.25, 0.3) is 10.9 Å². The molecule has 0 unspecified atom stereocenters. The van der Waals surface area contributed by atoms with Crippen molar-refractivity contribution >= 4 is 10.9 Å². The Bertz CT molecular complexity index is 517. The van der Waals surface area contributed by atoms with Gasteiger partial charge in [-0.05, 0) is 30.5 Å². The van der Waals surface area contributed by atoms with E-state index in [1.807, 2.05) is 12.1 Å². The molecule has 0 bridgehead atoms. The van der Waals surface area contributed by atoms with Gasteiger partial charge in [0.15, 0.2) is 0 Å². The van der Waals surface area contributed by atoms with Gasteiger partial charge in [0.25, 0.3) is 0 Å². The van der Waals surface area contributed by atoms with E-state index in [9.17, 15) is 0 Å². The molecule has 0 aliphatic carbocycles. The normalized spacial score (nSPS) is 10.5. The number of aryl methyl sites for hydroxylation is 1. The van der Waals surface area contributed by atoms with Crippen LogP contribution in [0.1, 0.15) is 37.4 Å². The van der Waals surface area contributed by atoms with E-state index in [0.29, 0.717) is 5.69 Å². The van der Waals surface area contributed by atoms with Crippen molar-refractivity contribution in [1.29, 1.82) is 5.26 Å². The minimum atomic E-state index is 0.651. The SMILES string of the molecule is CCCCCc1cccc2[nH]c(C#N)cc12. The van der Waals surface area contributed by atoms with Crippen LogP contribution in [-0.4, -0.2) is 4.98 Å². The molecule has 16 heavy (non-hydrogen) atoms. The maximum Gasteiger partial charge on any atom is 0.118 e. The van der Waals surface area contributed by atoms with E-state index >= 15 is 0 Å². The number of aromatic nitrogens is 1. The lowest BCUT2D eigenvalue weighted by Gasteiger charge is -2.02. The van der Waals surface area contributed by atoms with Crippen LogP contribution in [-0.2, 0) is 6.42 Å². The fourth-order valence-corrected chi connectivity index (χ4v) is 2.06. The Labute approximate surface area is 95.9 Å². The van der Waals surface area contributed by atoms with Crippen molar-refractivity contribution < 1.29 is 0 Å². The molecular weight excluding hydrogens is 196 g/mol. The van der Waals surface area contributed by atoms with Crippen molar-refractivity contribution in [2.24, 2.45) is 0 Å². The summed E-state index contributed by atoms with van der Waals surface area (Å²) in [6.45, 7) is 2.21. The van der Waals surface area contributed by atoms with Crippen LogP contribution in [0, 0.1) is 11.3 Å². The number of H-pyrrole nitrogens is 1. The van der Waals surface area contributed by atoms with Crippen LogP contribution in [0.5, 0.6) is 0 Å². The van der Waals surface area contributed by atoms with E-state index in [0.717, 1.165) is 11.9 Å². The van der Waals surface area contributed by atoms with Gasteiger partial charge in [-0.2, -0.15) is 5.26 Å². The maximum absolute atomic E-state index is 8.86. The molecule has 0 atom stereocenters. The lowest BCUT2D eigenvalue weighted by atomic mass is 10.0. The van der Waals surface area contributed by atoms with Crippen molar-refractivity contribution in [3.8, 4) is 6.07 Å². The molecule has 0 saturated heterocycles. The molecule has 0 radical (unpaired) electrons. The highest BCUT2D eigenvalue weighted by Crippen LogP contribution is 2.21. The standard InChI is InChI=1S/C14H16N2/c1-2-3-4-6-11-7-5-8-14-13(11)9-12(10-15)16-14/h5,7-9,16H,2-4,6H2,1H3. The van der Waals surface area contributed by atoms with E-state index in [-0.39, 0.29) is 0 Å². The van der Waals surface area contributed by atoms with Crippen LogP contribution < -0.4 is 0 Å². The molecule has 2 nitrogen and oxygen atoms in total. The Balaban J connectivity index is 2.30. The first-order valence-corrected chi connectivity index (χ1v) is 5.86. The van der Waals surface area contributed by atoms with Crippen molar-refractivity contribution in [3.05, 3.63) is 35.5 Å². The number of hydrogen-bond donors (Lipinski definition) is 1. The Morgan fingerprint density at radius 3 is 2.94 bits per heavy atom. The maximum atomic E-state index is 8.86. The molecule has 1 N–H and O–H groups in total. The highest BCUT2D eigenvalue weighted by molar-refractivity contribution is 5.84. The second-order valence-corrected chi connectivity index (χ2v) is 4.13. The molecule has 2 rings (SSSR count). The fourth-order valence-electron chi connectivity index (χ4n) is 2.06. The second-order valence-electron chi connectivity index (χ2n) is 4.13. The Kier molecular flexibility index (Phi) is 3.26. The van der Waals surface area contributed by atoms with E-state index in [2.05, 4.69) is 30.1 Å². The zero-order valence-electron chi connectivity index (χ0n) is 9.59. The number of nitrogens with one attached hydrogen (secondary N) is 1. The van der Waals surface area contributed by atoms with E-state index in [4.69, 9.17) is 5.26 Å². The van der Waals surface area contributed by atoms with Gasteiger partial charge in [-0.1, -0.05) is 31.9 Å². The lowest BCUT2D eigenvalue weighted by molar-refractivity contribution is 0.720. The summed E-state index contributed by atoms with van der Waals surface area (Å²) in [5.41, 5.74) is 3.08. The quantitative estimate of drug-likeness (QED) is 0.770. The van der Waals surface area contributed by atoms with Gasteiger partial charge in [0, 0.05) is 10.9 Å². The van der Waals surface area contributed by atoms with Gasteiger partial charge >= 0.3 is 0 Å². The van der Waals surface area contributed by atoms with E-state index in [1.165, 1.54) is 30.2 Å². The number of nitrogens with zero attached hydrogens (tertiary/aromatic N) is 1. The largest absolute Gasteiger partial charge is 0.346 e. The van der Waals surface area contributed by atoms with E-state index in [1.54, 1.807) is 0 Å². The van der Waals surface area contributed by atoms with Crippen LogP contribution in [0.15, 0.2) is 24.3 Å². The topological polar surface area (TPSA) is 39.6 Å². The number of aromatic amines is 1.